The van der Waals surface area contributed by atoms with Crippen LogP contribution in [0.1, 0.15) is 55.2 Å². The third-order valence-corrected chi connectivity index (χ3v) is 7.28. The molecular formula is C25H29N3O. The lowest BCUT2D eigenvalue weighted by Gasteiger charge is -2.62. The SMILES string of the molecule is Cc1ccc(C23CC4CC(CC(NC(=O)N/N=C/c5ccccc5)(C4)C2)C3)cc1. The molecule has 2 atom stereocenters. The van der Waals surface area contributed by atoms with Gasteiger partial charge in [0.05, 0.1) is 6.21 Å². The van der Waals surface area contributed by atoms with Crippen molar-refractivity contribution in [2.45, 2.75) is 56.4 Å². The van der Waals surface area contributed by atoms with Gasteiger partial charge in [-0.2, -0.15) is 5.10 Å². The zero-order valence-electron chi connectivity index (χ0n) is 17.0. The van der Waals surface area contributed by atoms with Crippen LogP contribution in [0.5, 0.6) is 0 Å². The van der Waals surface area contributed by atoms with Crippen LogP contribution in [0.25, 0.3) is 0 Å². The summed E-state index contributed by atoms with van der Waals surface area (Å²) in [6.45, 7) is 2.15. The largest absolute Gasteiger partial charge is 0.335 e. The van der Waals surface area contributed by atoms with E-state index in [1.807, 2.05) is 30.3 Å². The molecule has 2 unspecified atom stereocenters. The summed E-state index contributed by atoms with van der Waals surface area (Å²) in [6, 6.07) is 18.7. The molecule has 0 aromatic heterocycles. The van der Waals surface area contributed by atoms with Crippen molar-refractivity contribution in [3.63, 3.8) is 0 Å². The molecule has 2 aromatic carbocycles. The molecule has 4 nitrogen and oxygen atoms in total. The van der Waals surface area contributed by atoms with Crippen LogP contribution in [-0.2, 0) is 5.41 Å². The Kier molecular flexibility index (Phi) is 4.45. The second-order valence-electron chi connectivity index (χ2n) is 9.62. The summed E-state index contributed by atoms with van der Waals surface area (Å²) in [5, 5.41) is 7.49. The highest BCUT2D eigenvalue weighted by Crippen LogP contribution is 2.62. The van der Waals surface area contributed by atoms with Crippen molar-refractivity contribution in [1.82, 2.24) is 10.7 Å². The van der Waals surface area contributed by atoms with E-state index in [1.54, 1.807) is 6.21 Å². The molecular weight excluding hydrogens is 358 g/mol. The van der Waals surface area contributed by atoms with E-state index < -0.39 is 0 Å². The van der Waals surface area contributed by atoms with Crippen molar-refractivity contribution in [2.75, 3.05) is 0 Å². The standard InChI is InChI=1S/C25H29N3O/c1-18-7-9-22(10-8-18)24-12-20-11-21(13-24)15-25(14-20,17-24)27-23(29)28-26-16-19-5-3-2-4-6-19/h2-10,16,20-21H,11-15,17H2,1H3,(H2,27,28,29)/b26-16+. The first-order valence-corrected chi connectivity index (χ1v) is 10.8. The van der Waals surface area contributed by atoms with E-state index in [0.717, 1.165) is 24.8 Å². The van der Waals surface area contributed by atoms with Gasteiger partial charge < -0.3 is 5.32 Å². The highest BCUT2D eigenvalue weighted by Gasteiger charge is 2.58. The number of urea groups is 1. The number of hydrogen-bond donors (Lipinski definition) is 2. The van der Waals surface area contributed by atoms with E-state index in [4.69, 9.17) is 0 Å². The third kappa shape index (κ3) is 3.57. The molecule has 6 rings (SSSR count). The van der Waals surface area contributed by atoms with Crippen molar-refractivity contribution >= 4 is 12.2 Å². The number of nitrogens with one attached hydrogen (secondary N) is 2. The van der Waals surface area contributed by atoms with Crippen LogP contribution < -0.4 is 10.7 Å². The molecule has 2 N–H and O–H groups in total. The molecule has 0 saturated heterocycles. The summed E-state index contributed by atoms with van der Waals surface area (Å²) in [7, 11) is 0. The summed E-state index contributed by atoms with van der Waals surface area (Å²) in [6.07, 6.45) is 8.80. The minimum absolute atomic E-state index is 0.0959. The van der Waals surface area contributed by atoms with Crippen LogP contribution in [0.2, 0.25) is 0 Å². The molecule has 0 spiro atoms. The maximum atomic E-state index is 12.7. The minimum Gasteiger partial charge on any atom is -0.331 e. The van der Waals surface area contributed by atoms with E-state index in [2.05, 4.69) is 47.0 Å². The predicted molar refractivity (Wildman–Crippen MR) is 116 cm³/mol. The monoisotopic (exact) mass is 387 g/mol. The number of carbonyl (C=O) groups excluding carboxylic acids is 1. The molecule has 4 aliphatic carbocycles. The van der Waals surface area contributed by atoms with Gasteiger partial charge in [-0.05, 0) is 73.8 Å². The number of rotatable bonds is 4. The molecule has 4 bridgehead atoms. The Balaban J connectivity index is 1.31. The van der Waals surface area contributed by atoms with E-state index >= 15 is 0 Å². The van der Waals surface area contributed by atoms with Crippen LogP contribution in [0.4, 0.5) is 4.79 Å². The quantitative estimate of drug-likeness (QED) is 0.568. The fourth-order valence-electron chi connectivity index (χ4n) is 6.63. The molecule has 0 aliphatic heterocycles. The number of amides is 2. The molecule has 4 saturated carbocycles. The molecule has 29 heavy (non-hydrogen) atoms. The Morgan fingerprint density at radius 1 is 1.00 bits per heavy atom. The van der Waals surface area contributed by atoms with Gasteiger partial charge in [-0.3, -0.25) is 0 Å². The first-order valence-electron chi connectivity index (χ1n) is 10.8. The van der Waals surface area contributed by atoms with Gasteiger partial charge in [0.15, 0.2) is 0 Å². The van der Waals surface area contributed by atoms with E-state index in [-0.39, 0.29) is 17.0 Å². The molecule has 0 heterocycles. The van der Waals surface area contributed by atoms with Crippen molar-refractivity contribution in [2.24, 2.45) is 16.9 Å². The molecule has 0 radical (unpaired) electrons. The number of benzene rings is 2. The number of hydrogen-bond acceptors (Lipinski definition) is 2. The number of nitrogens with zero attached hydrogens (tertiary/aromatic N) is 1. The maximum Gasteiger partial charge on any atom is 0.335 e. The topological polar surface area (TPSA) is 53.5 Å². The fraction of sp³-hybridized carbons (Fsp3) is 0.440. The van der Waals surface area contributed by atoms with Crippen molar-refractivity contribution < 1.29 is 4.79 Å². The van der Waals surface area contributed by atoms with Crippen LogP contribution in [-0.4, -0.2) is 17.8 Å². The van der Waals surface area contributed by atoms with Crippen LogP contribution in [0, 0.1) is 18.8 Å². The molecule has 2 amide bonds. The smallest absolute Gasteiger partial charge is 0.331 e. The fourth-order valence-corrected chi connectivity index (χ4v) is 6.63. The molecule has 4 heteroatoms. The summed E-state index contributed by atoms with van der Waals surface area (Å²) in [5.74, 6) is 1.43. The Hall–Kier alpha value is -2.62. The van der Waals surface area contributed by atoms with E-state index in [9.17, 15) is 4.79 Å². The lowest BCUT2D eigenvalue weighted by atomic mass is 9.45. The van der Waals surface area contributed by atoms with Crippen LogP contribution in [0.3, 0.4) is 0 Å². The van der Waals surface area contributed by atoms with Crippen molar-refractivity contribution in [3.8, 4) is 0 Å². The lowest BCUT2D eigenvalue weighted by Crippen LogP contribution is -2.65. The first-order chi connectivity index (χ1) is 14.0. The molecule has 150 valence electrons. The van der Waals surface area contributed by atoms with Crippen molar-refractivity contribution in [3.05, 3.63) is 71.3 Å². The normalized spacial score (nSPS) is 32.4. The highest BCUT2D eigenvalue weighted by atomic mass is 16.2. The molecule has 2 aromatic rings. The highest BCUT2D eigenvalue weighted by molar-refractivity contribution is 5.82. The van der Waals surface area contributed by atoms with Gasteiger partial charge in [-0.1, -0.05) is 60.2 Å². The zero-order chi connectivity index (χ0) is 19.9. The second kappa shape index (κ2) is 7.01. The first kappa shape index (κ1) is 18.4. The zero-order valence-corrected chi connectivity index (χ0v) is 17.0. The average Bonchev–Trinajstić information content (AvgIpc) is 2.68. The molecule has 4 aliphatic rings. The number of aryl methyl sites for hydroxylation is 1. The van der Waals surface area contributed by atoms with Crippen molar-refractivity contribution in [1.29, 1.82) is 0 Å². The summed E-state index contributed by atoms with van der Waals surface area (Å²) < 4.78 is 0. The van der Waals surface area contributed by atoms with E-state index in [1.165, 1.54) is 30.4 Å². The Labute approximate surface area is 172 Å². The second-order valence-corrected chi connectivity index (χ2v) is 9.62. The van der Waals surface area contributed by atoms with Gasteiger partial charge in [0, 0.05) is 5.54 Å². The summed E-state index contributed by atoms with van der Waals surface area (Å²) >= 11 is 0. The number of carbonyl (C=O) groups is 1. The van der Waals surface area contributed by atoms with Gasteiger partial charge in [0.2, 0.25) is 0 Å². The van der Waals surface area contributed by atoms with E-state index in [0.29, 0.717) is 11.8 Å². The van der Waals surface area contributed by atoms with Gasteiger partial charge in [0.25, 0.3) is 0 Å². The third-order valence-electron chi connectivity index (χ3n) is 7.28. The molecule has 4 fully saturated rings. The Morgan fingerprint density at radius 3 is 2.38 bits per heavy atom. The van der Waals surface area contributed by atoms with Gasteiger partial charge in [0.1, 0.15) is 0 Å². The summed E-state index contributed by atoms with van der Waals surface area (Å²) in [5.41, 5.74) is 6.55. The maximum absolute atomic E-state index is 12.7. The van der Waals surface area contributed by atoms with Gasteiger partial charge >= 0.3 is 6.03 Å². The summed E-state index contributed by atoms with van der Waals surface area (Å²) in [4.78, 5) is 12.7. The number of hydrazone groups is 1. The average molecular weight is 388 g/mol. The van der Waals surface area contributed by atoms with Crippen LogP contribution >= 0.6 is 0 Å². The predicted octanol–water partition coefficient (Wildman–Crippen LogP) is 4.92. The minimum atomic E-state index is -0.182. The van der Waals surface area contributed by atoms with Crippen LogP contribution in [0.15, 0.2) is 59.7 Å². The van der Waals surface area contributed by atoms with Gasteiger partial charge in [-0.25, -0.2) is 10.2 Å². The lowest BCUT2D eigenvalue weighted by molar-refractivity contribution is -0.0349. The van der Waals surface area contributed by atoms with Gasteiger partial charge in [-0.15, -0.1) is 0 Å². The Morgan fingerprint density at radius 2 is 1.69 bits per heavy atom. The Bertz CT molecular complexity index is 905.